The van der Waals surface area contributed by atoms with Gasteiger partial charge in [-0.05, 0) is 146 Å². The number of fused-ring (bicyclic) bond motifs is 9. The van der Waals surface area contributed by atoms with E-state index in [0.717, 1.165) is 47.0 Å². The number of pyridine rings is 2. The van der Waals surface area contributed by atoms with Gasteiger partial charge in [0.05, 0.1) is 38.8 Å². The zero-order valence-corrected chi connectivity index (χ0v) is 71.2. The number of nitrogens with one attached hydrogen (secondary N) is 7. The first-order valence-electron chi connectivity index (χ1n) is 41.5. The van der Waals surface area contributed by atoms with Crippen molar-refractivity contribution in [1.82, 2.24) is 96.8 Å². The highest BCUT2D eigenvalue weighted by atomic mass is 35.5. The molecule has 6 aromatic carbocycles. The fourth-order valence-electron chi connectivity index (χ4n) is 16.6. The third-order valence-corrected chi connectivity index (χ3v) is 23.1. The molecule has 21 aromatic rings. The Labute approximate surface area is 742 Å². The summed E-state index contributed by atoms with van der Waals surface area (Å²) in [4.78, 5) is 48.5. The number of aryl methyl sites for hydroxylation is 7. The zero-order valence-electron chi connectivity index (χ0n) is 70.5. The predicted octanol–water partition coefficient (Wildman–Crippen LogP) is 17.3. The van der Waals surface area contributed by atoms with Crippen LogP contribution in [0.5, 0.6) is 0 Å². The van der Waals surface area contributed by atoms with Gasteiger partial charge in [-0.25, -0.2) is 56.8 Å². The predicted molar refractivity (Wildman–Crippen MR) is 480 cm³/mol. The summed E-state index contributed by atoms with van der Waals surface area (Å²) < 4.78 is 93.1. The highest BCUT2D eigenvalue weighted by Crippen LogP contribution is 2.38. The Morgan fingerprint density at radius 2 is 0.800 bits per heavy atom. The van der Waals surface area contributed by atoms with Gasteiger partial charge in [-0.1, -0.05) is 79.2 Å². The van der Waals surface area contributed by atoms with E-state index < -0.39 is 48.5 Å². The molecule has 0 fully saturated rings. The first-order chi connectivity index (χ1) is 63.0. The van der Waals surface area contributed by atoms with Gasteiger partial charge < -0.3 is 88.9 Å². The van der Waals surface area contributed by atoms with Crippen molar-refractivity contribution >= 4 is 77.0 Å². The van der Waals surface area contributed by atoms with E-state index in [2.05, 4.69) is 86.5 Å². The van der Waals surface area contributed by atoms with Crippen LogP contribution in [0.15, 0.2) is 263 Å². The number of halogens is 7. The maximum absolute atomic E-state index is 13.8. The summed E-state index contributed by atoms with van der Waals surface area (Å²) in [5, 5.41) is 76.8. The van der Waals surface area contributed by atoms with E-state index in [1.54, 1.807) is 175 Å². The molecule has 16 heterocycles. The van der Waals surface area contributed by atoms with Gasteiger partial charge in [0.15, 0.2) is 12.1 Å². The number of H-pyrrole nitrogens is 7. The molecule has 0 spiro atoms. The number of hydrogen-bond acceptors (Lipinski definition) is 14. The quantitative estimate of drug-likeness (QED) is 0.0316. The maximum Gasteiger partial charge on any atom is 0.198 e. The van der Waals surface area contributed by atoms with Crippen molar-refractivity contribution in [2.24, 2.45) is 14.1 Å². The lowest BCUT2D eigenvalue weighted by atomic mass is 9.96. The van der Waals surface area contributed by atoms with E-state index in [1.165, 1.54) is 75.0 Å². The van der Waals surface area contributed by atoms with Gasteiger partial charge in [0.25, 0.3) is 0 Å². The van der Waals surface area contributed by atoms with Crippen LogP contribution in [-0.4, -0.2) is 133 Å². The molecule has 0 amide bonds. The minimum absolute atomic E-state index is 0.280. The molecule has 15 aromatic heterocycles. The number of aliphatic hydroxyl groups excluding tert-OH is 7. The monoisotopic (exact) mass is 1780 g/mol. The first kappa shape index (κ1) is 88.7. The highest BCUT2D eigenvalue weighted by Gasteiger charge is 2.28. The van der Waals surface area contributed by atoms with Crippen LogP contribution in [0.25, 0.3) is 65.4 Å². The number of aromatic amines is 7. The summed E-state index contributed by atoms with van der Waals surface area (Å²) in [6.07, 6.45) is 26.7. The van der Waals surface area contributed by atoms with Crippen molar-refractivity contribution in [2.75, 3.05) is 0 Å². The Balaban J connectivity index is 0.000000111. The summed E-state index contributed by atoms with van der Waals surface area (Å²) in [6.45, 7) is 7.64. The lowest BCUT2D eigenvalue weighted by Gasteiger charge is -2.14. The number of para-hydroxylation sites is 1. The van der Waals surface area contributed by atoms with Crippen molar-refractivity contribution in [1.29, 1.82) is 0 Å². The van der Waals surface area contributed by atoms with Crippen LogP contribution in [0.1, 0.15) is 160 Å². The van der Waals surface area contributed by atoms with Crippen LogP contribution < -0.4 is 0 Å². The number of nitrogens with zero attached hydrogens (tertiary/aromatic N) is 13. The van der Waals surface area contributed by atoms with Crippen molar-refractivity contribution in [3.63, 3.8) is 0 Å². The van der Waals surface area contributed by atoms with E-state index in [9.17, 15) is 62.1 Å². The fraction of sp³-hybridized carbons (Fsp3) is 0.177. The molecule has 0 aliphatic carbocycles. The first-order valence-corrected chi connectivity index (χ1v) is 41.9. The third-order valence-electron chi connectivity index (χ3n) is 22.8. The van der Waals surface area contributed by atoms with Gasteiger partial charge in [-0.3, -0.25) is 8.80 Å². The number of aromatic nitrogens is 20. The van der Waals surface area contributed by atoms with Crippen molar-refractivity contribution in [3.05, 3.63) is 400 Å². The van der Waals surface area contributed by atoms with Crippen LogP contribution >= 0.6 is 11.6 Å². The summed E-state index contributed by atoms with van der Waals surface area (Å²) in [5.74, 6) is 1.36. The van der Waals surface area contributed by atoms with Gasteiger partial charge in [-0.2, -0.15) is 4.39 Å². The van der Waals surface area contributed by atoms with Crippen molar-refractivity contribution in [2.45, 2.75) is 95.9 Å². The van der Waals surface area contributed by atoms with Gasteiger partial charge in [-0.15, -0.1) is 0 Å². The molecule has 0 radical (unpaired) electrons. The number of benzene rings is 6. The minimum atomic E-state index is -0.993. The summed E-state index contributed by atoms with van der Waals surface area (Å²) in [5.41, 5.74) is 12.2. The smallest absolute Gasteiger partial charge is 0.198 e. The van der Waals surface area contributed by atoms with Crippen LogP contribution in [0.2, 0.25) is 5.15 Å². The number of rotatable bonds is 16. The van der Waals surface area contributed by atoms with Gasteiger partial charge in [0, 0.05) is 199 Å². The Morgan fingerprint density at radius 3 is 1.27 bits per heavy atom. The molecule has 1 aliphatic heterocycles. The SMILES string of the molecule is CCc1ccn2c(F)ccc(C(O)c3ncc[nH]3)c12.CCn1ccc2c(F)ccc(C(O)c3ncc[nH]3)c21.Cc1cccc2c(F)ccc(C(O)c3ncc[nH]3)c12.Cn1ccc2c(F)ccc(C(O)c3ncc[nH]3)c21.Cn1ccc2c(F)ccc(C(O)c3ncc[nH]3)c21.OC(c1ncc[nH]1)c1ccc(F)c2ccc(Cl)n12.OC(c1ncc[nH]1)c1cccc2cc3n(c12)CCC3. The molecule has 22 rings (SSSR count). The number of aliphatic hydroxyl groups is 7. The van der Waals surface area contributed by atoms with Crippen LogP contribution in [0, 0.1) is 42.0 Å². The second-order valence-corrected chi connectivity index (χ2v) is 31.0. The Kier molecular flexibility index (Phi) is 26.5. The standard InChI is InChI=1S/C15H13FN2O.C15H15N3O.2C14H14FN3O.2C13H12FN3O.C12H9ClFN3O/c1-9-3-2-4-10-12(16)6-5-11(13(9)10)14(19)15-17-7-8-18-15;19-14(15-16-6-7-17-15)12-5-1-3-10-9-11-4-2-8-18(11)13(10)12;1-2-18-8-5-9-11(15)4-3-10(12(9)18)13(19)14-16-6-7-17-14;1-2-9-5-8-18-11(15)4-3-10(12(9)18)13(19)14-16-6-7-17-14;2*1-17-7-4-8-10(14)3-2-9(11(8)17)12(18)13-15-5-6-16-13;13-10-4-3-8-7(14)1-2-9(17(8)10)11(18)12-15-5-6-16-12/h2-8,14,19H,1H3,(H,17,18);1,3,5-7,9,14,19H,2,4,8H2,(H,16,17);2*3-8,13,19H,2H2,1H3,(H,16,17);2*2-7,12,18H,1H3,(H,15,16);1-6,11,18H,(H,15,16). The second-order valence-electron chi connectivity index (χ2n) is 30.6. The van der Waals surface area contributed by atoms with Crippen LogP contribution in [-0.2, 0) is 40.0 Å². The second kappa shape index (κ2) is 38.9. The molecule has 0 saturated carbocycles. The molecular formula is C96H89ClF6N20O7. The molecular weight excluding hydrogens is 1690 g/mol. The molecule has 27 nitrogen and oxygen atoms in total. The highest BCUT2D eigenvalue weighted by molar-refractivity contribution is 6.30. The average molecular weight is 1780 g/mol. The van der Waals surface area contributed by atoms with Crippen molar-refractivity contribution < 1.29 is 62.1 Å². The van der Waals surface area contributed by atoms with Crippen LogP contribution in [0.3, 0.4) is 0 Å². The summed E-state index contributed by atoms with van der Waals surface area (Å²) in [7, 11) is 3.64. The Hall–Kier alpha value is -14.7. The minimum Gasteiger partial charge on any atom is -0.380 e. The van der Waals surface area contributed by atoms with Crippen LogP contribution in [0.4, 0.5) is 26.3 Å². The molecule has 130 heavy (non-hydrogen) atoms. The maximum atomic E-state index is 13.8. The molecule has 664 valence electrons. The molecule has 7 atom stereocenters. The molecule has 1 aliphatic rings. The van der Waals surface area contributed by atoms with E-state index in [0.29, 0.717) is 135 Å². The third kappa shape index (κ3) is 17.8. The fourth-order valence-corrected chi connectivity index (χ4v) is 16.9. The van der Waals surface area contributed by atoms with Gasteiger partial charge >= 0.3 is 0 Å². The topological polar surface area (TPSA) is 371 Å². The van der Waals surface area contributed by atoms with E-state index in [1.807, 2.05) is 76.0 Å². The number of hydrogen-bond donors (Lipinski definition) is 14. The zero-order chi connectivity index (χ0) is 91.1. The Bertz CT molecular complexity index is 6900. The van der Waals surface area contributed by atoms with E-state index in [-0.39, 0.29) is 29.2 Å². The Morgan fingerprint density at radius 1 is 0.392 bits per heavy atom. The average Bonchev–Trinajstić information content (AvgIpc) is 1.53. The summed E-state index contributed by atoms with van der Waals surface area (Å²) >= 11 is 6.01. The van der Waals surface area contributed by atoms with E-state index >= 15 is 0 Å². The normalized spacial score (nSPS) is 13.4. The summed E-state index contributed by atoms with van der Waals surface area (Å²) in [6, 6.07) is 41.5. The molecule has 34 heteroatoms. The van der Waals surface area contributed by atoms with Gasteiger partial charge in [0.2, 0.25) is 0 Å². The number of imidazole rings is 7. The van der Waals surface area contributed by atoms with Crippen molar-refractivity contribution in [3.8, 4) is 0 Å². The molecule has 7 unspecified atom stereocenters. The molecule has 0 bridgehead atoms. The molecule has 14 N–H and O–H groups in total. The largest absolute Gasteiger partial charge is 0.380 e. The van der Waals surface area contributed by atoms with E-state index in [4.69, 9.17) is 11.6 Å². The molecule has 0 saturated heterocycles. The van der Waals surface area contributed by atoms with Gasteiger partial charge in [0.1, 0.15) is 112 Å². The lowest BCUT2D eigenvalue weighted by Crippen LogP contribution is -2.08. The lowest BCUT2D eigenvalue weighted by molar-refractivity contribution is 0.204.